The number of fused-ring (bicyclic) bond motifs is 1. The zero-order chi connectivity index (χ0) is 27.7. The van der Waals surface area contributed by atoms with Crippen molar-refractivity contribution >= 4 is 17.5 Å². The summed E-state index contributed by atoms with van der Waals surface area (Å²) in [5.74, 6) is 0.859. The zero-order valence-electron chi connectivity index (χ0n) is 22.6. The molecule has 10 heteroatoms. The summed E-state index contributed by atoms with van der Waals surface area (Å²) in [6.45, 7) is 0.468. The molecule has 1 aromatic carbocycles. The third kappa shape index (κ3) is 6.63. The van der Waals surface area contributed by atoms with Gasteiger partial charge in [-0.25, -0.2) is 14.6 Å². The first-order valence-electron chi connectivity index (χ1n) is 13.6. The topological polar surface area (TPSA) is 122 Å². The van der Waals surface area contributed by atoms with Crippen LogP contribution in [0.4, 0.5) is 0 Å². The molecule has 0 aliphatic heterocycles. The molecule has 40 heavy (non-hydrogen) atoms. The highest BCUT2D eigenvalue weighted by molar-refractivity contribution is 5.78. The van der Waals surface area contributed by atoms with Crippen LogP contribution in [0.25, 0.3) is 22.6 Å². The molecule has 0 fully saturated rings. The van der Waals surface area contributed by atoms with Gasteiger partial charge in [0.1, 0.15) is 11.5 Å². The van der Waals surface area contributed by atoms with Gasteiger partial charge in [0, 0.05) is 50.7 Å². The van der Waals surface area contributed by atoms with Crippen molar-refractivity contribution < 1.29 is 9.59 Å². The maximum absolute atomic E-state index is 12.9. The van der Waals surface area contributed by atoms with E-state index in [-0.39, 0.29) is 24.2 Å². The number of carbonyl (C=O) groups is 2. The molecule has 2 amide bonds. The molecule has 3 N–H and O–H groups in total. The first kappa shape index (κ1) is 26.9. The van der Waals surface area contributed by atoms with E-state index in [1.807, 2.05) is 76.2 Å². The second-order valence-electron chi connectivity index (χ2n) is 9.81. The second kappa shape index (κ2) is 12.9. The van der Waals surface area contributed by atoms with Crippen molar-refractivity contribution in [2.45, 2.75) is 44.4 Å². The minimum absolute atomic E-state index is 0.0169. The molecule has 0 radical (unpaired) electrons. The molecule has 0 saturated carbocycles. The van der Waals surface area contributed by atoms with E-state index >= 15 is 0 Å². The Balaban J connectivity index is 1.24. The number of hydrogen-bond acceptors (Lipinski definition) is 5. The summed E-state index contributed by atoms with van der Waals surface area (Å²) in [6, 6.07) is 15.8. The molecule has 0 saturated heterocycles. The number of rotatable bonds is 13. The Hall–Kier alpha value is -4.73. The van der Waals surface area contributed by atoms with E-state index < -0.39 is 0 Å². The zero-order valence-corrected chi connectivity index (χ0v) is 22.6. The van der Waals surface area contributed by atoms with Gasteiger partial charge in [-0.2, -0.15) is 5.10 Å². The summed E-state index contributed by atoms with van der Waals surface area (Å²) >= 11 is 0. The van der Waals surface area contributed by atoms with Crippen LogP contribution in [0, 0.1) is 0 Å². The average Bonchev–Trinajstić information content (AvgIpc) is 3.77. The van der Waals surface area contributed by atoms with Crippen molar-refractivity contribution in [1.82, 2.24) is 39.8 Å². The van der Waals surface area contributed by atoms with E-state index in [2.05, 4.69) is 25.7 Å². The molecule has 5 aromatic rings. The van der Waals surface area contributed by atoms with Crippen LogP contribution in [-0.2, 0) is 16.0 Å². The lowest BCUT2D eigenvalue weighted by molar-refractivity contribution is -0.121. The quantitative estimate of drug-likeness (QED) is 0.195. The first-order chi connectivity index (χ1) is 19.6. The van der Waals surface area contributed by atoms with Crippen LogP contribution in [0.1, 0.15) is 49.5 Å². The van der Waals surface area contributed by atoms with Gasteiger partial charge in [0.15, 0.2) is 0 Å². The molecule has 4 heterocycles. The van der Waals surface area contributed by atoms with Gasteiger partial charge >= 0.3 is 0 Å². The number of hydrogen-bond donors (Lipinski definition) is 3. The summed E-state index contributed by atoms with van der Waals surface area (Å²) in [5, 5.41) is 10.1. The van der Waals surface area contributed by atoms with Gasteiger partial charge in [0.25, 0.3) is 0 Å². The lowest BCUT2D eigenvalue weighted by Crippen LogP contribution is -2.30. The number of benzene rings is 1. The Morgan fingerprint density at radius 2 is 1.82 bits per heavy atom. The van der Waals surface area contributed by atoms with Crippen LogP contribution < -0.4 is 10.6 Å². The number of carbonyl (C=O) groups excluding carboxylic acids is 2. The monoisotopic (exact) mass is 538 g/mol. The van der Waals surface area contributed by atoms with Crippen LogP contribution in [-0.4, -0.2) is 54.5 Å². The number of nitrogens with zero attached hydrogens (tertiary/aromatic N) is 5. The van der Waals surface area contributed by atoms with Gasteiger partial charge in [-0.1, -0.05) is 31.0 Å². The molecule has 206 valence electrons. The fraction of sp³-hybridized carbons (Fsp3) is 0.300. The van der Waals surface area contributed by atoms with E-state index in [1.165, 1.54) is 0 Å². The SMILES string of the molecule is CNC(=O)CCCCCC(CNC(=O)Cc1cnc2ccccn12)c1ncc(-c2ccc(-n3cccn3)cc2)[nH]1. The van der Waals surface area contributed by atoms with Crippen molar-refractivity contribution in [3.05, 3.63) is 91.0 Å². The first-order valence-corrected chi connectivity index (χ1v) is 13.6. The minimum Gasteiger partial charge on any atom is -0.359 e. The average molecular weight is 539 g/mol. The Bertz CT molecular complexity index is 1540. The molecule has 0 aliphatic rings. The largest absolute Gasteiger partial charge is 0.359 e. The minimum atomic E-state index is -0.0590. The van der Waals surface area contributed by atoms with Crippen molar-refractivity contribution in [1.29, 1.82) is 0 Å². The number of unbranched alkanes of at least 4 members (excludes halogenated alkanes) is 2. The summed E-state index contributed by atoms with van der Waals surface area (Å²) in [7, 11) is 1.66. The van der Waals surface area contributed by atoms with Crippen LogP contribution in [0.5, 0.6) is 0 Å². The lowest BCUT2D eigenvalue weighted by atomic mass is 9.99. The highest BCUT2D eigenvalue weighted by Crippen LogP contribution is 2.25. The summed E-state index contributed by atoms with van der Waals surface area (Å²) in [5.41, 5.74) is 4.59. The van der Waals surface area contributed by atoms with Gasteiger partial charge in [0.2, 0.25) is 11.8 Å². The van der Waals surface area contributed by atoms with Crippen LogP contribution in [0.15, 0.2) is 79.5 Å². The second-order valence-corrected chi connectivity index (χ2v) is 9.81. The molecule has 0 bridgehead atoms. The van der Waals surface area contributed by atoms with E-state index in [0.717, 1.165) is 59.8 Å². The summed E-state index contributed by atoms with van der Waals surface area (Å²) in [4.78, 5) is 37.0. The number of amides is 2. The van der Waals surface area contributed by atoms with Gasteiger partial charge in [-0.3, -0.25) is 9.59 Å². The van der Waals surface area contributed by atoms with Gasteiger partial charge in [-0.15, -0.1) is 0 Å². The lowest BCUT2D eigenvalue weighted by Gasteiger charge is -2.16. The fourth-order valence-electron chi connectivity index (χ4n) is 4.80. The van der Waals surface area contributed by atoms with Crippen LogP contribution >= 0.6 is 0 Å². The van der Waals surface area contributed by atoms with E-state index in [0.29, 0.717) is 13.0 Å². The standard InChI is InChI=1S/C30H34N8O2/c1-31-28(39)10-4-2-3-8-23(19-33-29(40)18-25-20-32-27-9-5-6-16-37(25)27)30-34-21-26(36-30)22-11-13-24(14-12-22)38-17-7-15-35-38/h5-7,9,11-17,20-21,23H,2-4,8,10,18-19H2,1H3,(H,31,39)(H,33,40)(H,34,36). The fourth-order valence-corrected chi connectivity index (χ4v) is 4.80. The third-order valence-electron chi connectivity index (χ3n) is 7.05. The molecular formula is C30H34N8O2. The highest BCUT2D eigenvalue weighted by atomic mass is 16.2. The number of H-pyrrole nitrogens is 1. The molecular weight excluding hydrogens is 504 g/mol. The molecule has 4 aromatic heterocycles. The molecule has 1 atom stereocenters. The molecule has 0 aliphatic carbocycles. The Morgan fingerprint density at radius 3 is 2.62 bits per heavy atom. The van der Waals surface area contributed by atoms with Gasteiger partial charge in [-0.05, 0) is 48.7 Å². The third-order valence-corrected chi connectivity index (χ3v) is 7.05. The predicted molar refractivity (Wildman–Crippen MR) is 153 cm³/mol. The number of nitrogens with one attached hydrogen (secondary N) is 3. The Kier molecular flexibility index (Phi) is 8.65. The highest BCUT2D eigenvalue weighted by Gasteiger charge is 2.18. The molecule has 0 spiro atoms. The van der Waals surface area contributed by atoms with Gasteiger partial charge in [0.05, 0.1) is 29.7 Å². The number of aromatic nitrogens is 6. The van der Waals surface area contributed by atoms with Gasteiger partial charge < -0.3 is 20.0 Å². The normalized spacial score (nSPS) is 11.9. The van der Waals surface area contributed by atoms with Crippen molar-refractivity contribution in [3.8, 4) is 16.9 Å². The number of imidazole rings is 2. The van der Waals surface area contributed by atoms with Crippen molar-refractivity contribution in [3.63, 3.8) is 0 Å². The summed E-state index contributed by atoms with van der Waals surface area (Å²) < 4.78 is 3.75. The van der Waals surface area contributed by atoms with E-state index in [4.69, 9.17) is 4.98 Å². The van der Waals surface area contributed by atoms with Crippen LogP contribution in [0.3, 0.4) is 0 Å². The molecule has 1 unspecified atom stereocenters. The van der Waals surface area contributed by atoms with Crippen molar-refractivity contribution in [2.24, 2.45) is 0 Å². The predicted octanol–water partition coefficient (Wildman–Crippen LogP) is 4.05. The maximum Gasteiger partial charge on any atom is 0.226 e. The molecule has 5 rings (SSSR count). The molecule has 10 nitrogen and oxygen atoms in total. The summed E-state index contributed by atoms with van der Waals surface area (Å²) in [6.07, 6.45) is 13.5. The Morgan fingerprint density at radius 1 is 0.950 bits per heavy atom. The number of aromatic amines is 1. The van der Waals surface area contributed by atoms with E-state index in [1.54, 1.807) is 19.4 Å². The Labute approximate surface area is 232 Å². The smallest absolute Gasteiger partial charge is 0.226 e. The maximum atomic E-state index is 12.9. The van der Waals surface area contributed by atoms with E-state index in [9.17, 15) is 9.59 Å². The number of pyridine rings is 1. The van der Waals surface area contributed by atoms with Crippen molar-refractivity contribution in [2.75, 3.05) is 13.6 Å². The van der Waals surface area contributed by atoms with Crippen LogP contribution in [0.2, 0.25) is 0 Å².